The van der Waals surface area contributed by atoms with Gasteiger partial charge in [-0.15, -0.1) is 0 Å². The molecule has 1 heterocycles. The van der Waals surface area contributed by atoms with E-state index in [0.29, 0.717) is 11.3 Å². The van der Waals surface area contributed by atoms with E-state index in [-0.39, 0.29) is 5.56 Å². The molecule has 128 valence electrons. The second-order valence-electron chi connectivity index (χ2n) is 5.22. The molecule has 8 heteroatoms. The molecule has 0 aliphatic heterocycles. The van der Waals surface area contributed by atoms with Crippen LogP contribution in [0.1, 0.15) is 0 Å². The summed E-state index contributed by atoms with van der Waals surface area (Å²) in [5.74, 6) is -2.50. The molecular formula is C17H11BrF2N2O2S. The molecule has 0 bridgehead atoms. The minimum absolute atomic E-state index is 0.158. The quantitative estimate of drug-likeness (QED) is 0.687. The predicted octanol–water partition coefficient (Wildman–Crippen LogP) is 4.10. The Bertz CT molecular complexity index is 1050. The van der Waals surface area contributed by atoms with E-state index in [1.165, 1.54) is 0 Å². The Kier molecular flexibility index (Phi) is 4.68. The van der Waals surface area contributed by atoms with Crippen molar-refractivity contribution in [3.8, 4) is 22.4 Å². The average molecular weight is 425 g/mol. The average Bonchev–Trinajstić information content (AvgIpc) is 2.53. The highest BCUT2D eigenvalue weighted by Crippen LogP contribution is 2.33. The van der Waals surface area contributed by atoms with Gasteiger partial charge in [-0.1, -0.05) is 34.1 Å². The van der Waals surface area contributed by atoms with Crippen molar-refractivity contribution in [3.63, 3.8) is 0 Å². The van der Waals surface area contributed by atoms with E-state index in [1.54, 1.807) is 18.3 Å². The largest absolute Gasteiger partial charge is 0.256 e. The van der Waals surface area contributed by atoms with Crippen molar-refractivity contribution in [2.45, 2.75) is 4.90 Å². The lowest BCUT2D eigenvalue weighted by Crippen LogP contribution is -2.16. The highest BCUT2D eigenvalue weighted by atomic mass is 79.9. The molecule has 0 fully saturated rings. The van der Waals surface area contributed by atoms with Crippen LogP contribution in [-0.2, 0) is 10.0 Å². The van der Waals surface area contributed by atoms with Gasteiger partial charge in [0.15, 0.2) is 4.90 Å². The van der Waals surface area contributed by atoms with Gasteiger partial charge in [-0.05, 0) is 35.9 Å². The molecular weight excluding hydrogens is 414 g/mol. The van der Waals surface area contributed by atoms with Gasteiger partial charge in [0, 0.05) is 21.8 Å². The molecule has 4 nitrogen and oxygen atoms in total. The Morgan fingerprint density at radius 2 is 1.64 bits per heavy atom. The van der Waals surface area contributed by atoms with Crippen LogP contribution < -0.4 is 5.14 Å². The number of nitrogens with two attached hydrogens (primary N) is 1. The SMILES string of the molecule is NS(=O)(=O)c1c(F)cc(-c2cccnc2-c2cccc(Br)c2)cc1F. The van der Waals surface area contributed by atoms with Crippen LogP contribution in [0.4, 0.5) is 8.78 Å². The number of sulfonamides is 1. The number of halogens is 3. The first-order valence-electron chi connectivity index (χ1n) is 7.00. The summed E-state index contributed by atoms with van der Waals surface area (Å²) in [5, 5.41) is 4.86. The fraction of sp³-hybridized carbons (Fsp3) is 0. The van der Waals surface area contributed by atoms with E-state index in [2.05, 4.69) is 20.9 Å². The highest BCUT2D eigenvalue weighted by Gasteiger charge is 2.22. The predicted molar refractivity (Wildman–Crippen MR) is 94.1 cm³/mol. The summed E-state index contributed by atoms with van der Waals surface area (Å²) in [6, 6.07) is 12.4. The maximum absolute atomic E-state index is 14.2. The molecule has 3 rings (SSSR count). The van der Waals surface area contributed by atoms with Gasteiger partial charge in [0.1, 0.15) is 11.6 Å². The van der Waals surface area contributed by atoms with Crippen LogP contribution in [0.3, 0.4) is 0 Å². The molecule has 0 unspecified atom stereocenters. The molecule has 0 saturated carbocycles. The van der Waals surface area contributed by atoms with Gasteiger partial charge in [-0.3, -0.25) is 4.98 Å². The van der Waals surface area contributed by atoms with Gasteiger partial charge >= 0.3 is 0 Å². The number of nitrogens with zero attached hydrogens (tertiary/aromatic N) is 1. The summed E-state index contributed by atoms with van der Waals surface area (Å²) in [6.07, 6.45) is 1.56. The number of hydrogen-bond acceptors (Lipinski definition) is 3. The summed E-state index contributed by atoms with van der Waals surface area (Å²) in [7, 11) is -4.50. The van der Waals surface area contributed by atoms with Crippen molar-refractivity contribution >= 4 is 26.0 Å². The second kappa shape index (κ2) is 6.62. The second-order valence-corrected chi connectivity index (χ2v) is 7.64. The lowest BCUT2D eigenvalue weighted by Gasteiger charge is -2.11. The third-order valence-corrected chi connectivity index (χ3v) is 4.95. The van der Waals surface area contributed by atoms with Crippen molar-refractivity contribution in [1.82, 2.24) is 4.98 Å². The Morgan fingerprint density at radius 1 is 0.960 bits per heavy atom. The van der Waals surface area contributed by atoms with Gasteiger partial charge in [0.2, 0.25) is 10.0 Å². The van der Waals surface area contributed by atoms with Crippen molar-refractivity contribution in [2.24, 2.45) is 5.14 Å². The van der Waals surface area contributed by atoms with Crippen molar-refractivity contribution in [2.75, 3.05) is 0 Å². The Hall–Kier alpha value is -2.16. The molecule has 0 atom stereocenters. The topological polar surface area (TPSA) is 73.1 Å². The summed E-state index contributed by atoms with van der Waals surface area (Å²) in [4.78, 5) is 3.14. The lowest BCUT2D eigenvalue weighted by molar-refractivity contribution is 0.520. The van der Waals surface area contributed by atoms with Crippen LogP contribution in [-0.4, -0.2) is 13.4 Å². The molecule has 2 N–H and O–H groups in total. The van der Waals surface area contributed by atoms with Crippen LogP contribution in [0.5, 0.6) is 0 Å². The fourth-order valence-corrected chi connectivity index (χ4v) is 3.55. The summed E-state index contributed by atoms with van der Waals surface area (Å²) in [5.41, 5.74) is 1.86. The molecule has 2 aromatic carbocycles. The third kappa shape index (κ3) is 3.60. The maximum atomic E-state index is 14.2. The normalized spacial score (nSPS) is 11.5. The van der Waals surface area contributed by atoms with E-state index >= 15 is 0 Å². The van der Waals surface area contributed by atoms with Crippen molar-refractivity contribution in [1.29, 1.82) is 0 Å². The van der Waals surface area contributed by atoms with Gasteiger partial charge < -0.3 is 0 Å². The minimum Gasteiger partial charge on any atom is -0.256 e. The first-order valence-corrected chi connectivity index (χ1v) is 9.34. The van der Waals surface area contributed by atoms with Crippen LogP contribution in [0.15, 0.2) is 64.1 Å². The van der Waals surface area contributed by atoms with E-state index in [1.807, 2.05) is 24.3 Å². The van der Waals surface area contributed by atoms with E-state index < -0.39 is 26.6 Å². The van der Waals surface area contributed by atoms with Crippen molar-refractivity contribution in [3.05, 3.63) is 70.8 Å². The van der Waals surface area contributed by atoms with E-state index in [9.17, 15) is 17.2 Å². The van der Waals surface area contributed by atoms with E-state index in [0.717, 1.165) is 22.2 Å². The van der Waals surface area contributed by atoms with Crippen LogP contribution in [0.2, 0.25) is 0 Å². The number of aromatic nitrogens is 1. The fourth-order valence-electron chi connectivity index (χ4n) is 2.49. The molecule has 0 saturated heterocycles. The highest BCUT2D eigenvalue weighted by molar-refractivity contribution is 9.10. The Balaban J connectivity index is 2.22. The molecule has 3 aromatic rings. The molecule has 0 amide bonds. The first kappa shape index (κ1) is 17.7. The van der Waals surface area contributed by atoms with Crippen LogP contribution in [0.25, 0.3) is 22.4 Å². The number of hydrogen-bond donors (Lipinski definition) is 1. The van der Waals surface area contributed by atoms with Crippen LogP contribution >= 0.6 is 15.9 Å². The van der Waals surface area contributed by atoms with Gasteiger partial charge in [0.05, 0.1) is 5.69 Å². The van der Waals surface area contributed by atoms with Gasteiger partial charge in [-0.25, -0.2) is 22.3 Å². The Labute approximate surface area is 151 Å². The van der Waals surface area contributed by atoms with E-state index in [4.69, 9.17) is 5.14 Å². The van der Waals surface area contributed by atoms with Gasteiger partial charge in [0.25, 0.3) is 0 Å². The lowest BCUT2D eigenvalue weighted by atomic mass is 9.99. The number of rotatable bonds is 3. The van der Waals surface area contributed by atoms with Gasteiger partial charge in [-0.2, -0.15) is 0 Å². The maximum Gasteiger partial charge on any atom is 0.243 e. The molecule has 25 heavy (non-hydrogen) atoms. The summed E-state index contributed by atoms with van der Waals surface area (Å²) < 4.78 is 51.8. The molecule has 1 aromatic heterocycles. The smallest absolute Gasteiger partial charge is 0.243 e. The standard InChI is InChI=1S/C17H11BrF2N2O2S/c18-12-4-1-3-10(7-12)16-13(5-2-6-22-16)11-8-14(19)17(15(20)9-11)25(21,23)24/h1-9H,(H2,21,23,24). The number of pyridine rings is 1. The van der Waals surface area contributed by atoms with Crippen molar-refractivity contribution < 1.29 is 17.2 Å². The summed E-state index contributed by atoms with van der Waals surface area (Å²) in [6.45, 7) is 0. The number of primary sulfonamides is 1. The first-order chi connectivity index (χ1) is 11.8. The zero-order valence-corrected chi connectivity index (χ0v) is 15.0. The number of benzene rings is 2. The molecule has 0 aliphatic rings. The zero-order chi connectivity index (χ0) is 18.2. The van der Waals surface area contributed by atoms with Crippen LogP contribution in [0, 0.1) is 11.6 Å². The zero-order valence-electron chi connectivity index (χ0n) is 12.6. The monoisotopic (exact) mass is 424 g/mol. The molecule has 0 aliphatic carbocycles. The summed E-state index contributed by atoms with van der Waals surface area (Å²) >= 11 is 3.37. The Morgan fingerprint density at radius 3 is 2.24 bits per heavy atom. The molecule has 0 radical (unpaired) electrons. The molecule has 0 spiro atoms. The third-order valence-electron chi connectivity index (χ3n) is 3.50. The minimum atomic E-state index is -4.50.